The predicted molar refractivity (Wildman–Crippen MR) is 87.8 cm³/mol. The fraction of sp³-hybridized carbons (Fsp3) is 0.278. The van der Waals surface area contributed by atoms with E-state index < -0.39 is 12.0 Å². The molecule has 132 valence electrons. The maximum Gasteiger partial charge on any atom is 0.449 e. The van der Waals surface area contributed by atoms with Gasteiger partial charge in [0.05, 0.1) is 24.8 Å². The van der Waals surface area contributed by atoms with Crippen LogP contribution in [-0.4, -0.2) is 23.3 Å². The van der Waals surface area contributed by atoms with Crippen molar-refractivity contribution in [2.45, 2.75) is 19.1 Å². The topological polar surface area (TPSA) is 36.3 Å². The molecule has 0 N–H and O–H groups in total. The summed E-state index contributed by atoms with van der Waals surface area (Å²) in [5, 5.41) is 0. The maximum absolute atomic E-state index is 13.2. The summed E-state index contributed by atoms with van der Waals surface area (Å²) in [5.41, 5.74) is 0.810. The molecule has 4 nitrogen and oxygen atoms in total. The van der Waals surface area contributed by atoms with Crippen LogP contribution >= 0.6 is 0 Å². The minimum Gasteiger partial charge on any atom is -0.497 e. The van der Waals surface area contributed by atoms with E-state index in [0.717, 1.165) is 0 Å². The van der Waals surface area contributed by atoms with Gasteiger partial charge in [-0.3, -0.25) is 0 Å². The Morgan fingerprint density at radius 3 is 2.36 bits per heavy atom. The van der Waals surface area contributed by atoms with Gasteiger partial charge in [0, 0.05) is 6.54 Å². The molecule has 2 aromatic carbocycles. The number of aryl methyl sites for hydroxylation is 1. The first-order chi connectivity index (χ1) is 12.0. The number of hydrogen-bond acceptors (Lipinski definition) is 3. The van der Waals surface area contributed by atoms with Crippen LogP contribution in [0.25, 0.3) is 11.0 Å². The molecule has 0 saturated carbocycles. The zero-order valence-corrected chi connectivity index (χ0v) is 13.6. The van der Waals surface area contributed by atoms with E-state index in [1.807, 2.05) is 0 Å². The molecule has 0 atom stereocenters. The summed E-state index contributed by atoms with van der Waals surface area (Å²) >= 11 is 0. The summed E-state index contributed by atoms with van der Waals surface area (Å²) in [6.45, 7) is 0.474. The maximum atomic E-state index is 13.2. The Labute approximate surface area is 142 Å². The van der Waals surface area contributed by atoms with Crippen molar-refractivity contribution in [1.82, 2.24) is 9.55 Å². The third-order valence-electron chi connectivity index (χ3n) is 3.76. The number of benzene rings is 2. The monoisotopic (exact) mass is 350 g/mol. The van der Waals surface area contributed by atoms with Gasteiger partial charge in [-0.25, -0.2) is 4.98 Å². The van der Waals surface area contributed by atoms with Gasteiger partial charge in [-0.15, -0.1) is 0 Å². The largest absolute Gasteiger partial charge is 0.497 e. The van der Waals surface area contributed by atoms with E-state index >= 15 is 0 Å². The molecule has 25 heavy (non-hydrogen) atoms. The van der Waals surface area contributed by atoms with Gasteiger partial charge in [-0.2, -0.15) is 13.2 Å². The second-order valence-electron chi connectivity index (χ2n) is 5.45. The Hall–Kier alpha value is -2.70. The Morgan fingerprint density at radius 1 is 1.00 bits per heavy atom. The van der Waals surface area contributed by atoms with Crippen LogP contribution in [-0.2, 0) is 12.7 Å². The number of halogens is 3. The number of para-hydroxylation sites is 2. The van der Waals surface area contributed by atoms with E-state index in [4.69, 9.17) is 9.47 Å². The van der Waals surface area contributed by atoms with E-state index in [-0.39, 0.29) is 6.54 Å². The van der Waals surface area contributed by atoms with Gasteiger partial charge in [-0.05, 0) is 42.8 Å². The number of alkyl halides is 3. The van der Waals surface area contributed by atoms with Gasteiger partial charge < -0.3 is 14.0 Å². The van der Waals surface area contributed by atoms with Crippen LogP contribution in [0.2, 0.25) is 0 Å². The quantitative estimate of drug-likeness (QED) is 0.613. The molecular formula is C18H17F3N2O2. The molecule has 3 aromatic rings. The van der Waals surface area contributed by atoms with E-state index in [9.17, 15) is 13.2 Å². The van der Waals surface area contributed by atoms with E-state index in [0.29, 0.717) is 35.6 Å². The average Bonchev–Trinajstić information content (AvgIpc) is 2.98. The molecule has 7 heteroatoms. The van der Waals surface area contributed by atoms with Crippen LogP contribution in [0.5, 0.6) is 11.5 Å². The van der Waals surface area contributed by atoms with Crippen LogP contribution in [0.4, 0.5) is 13.2 Å². The second kappa shape index (κ2) is 7.04. The molecule has 0 fully saturated rings. The van der Waals surface area contributed by atoms with Crippen molar-refractivity contribution in [2.75, 3.05) is 13.7 Å². The summed E-state index contributed by atoms with van der Waals surface area (Å²) < 4.78 is 51.4. The predicted octanol–water partition coefficient (Wildman–Crippen LogP) is 4.53. The minimum absolute atomic E-state index is 0.172. The zero-order valence-electron chi connectivity index (χ0n) is 13.6. The second-order valence-corrected chi connectivity index (χ2v) is 5.45. The van der Waals surface area contributed by atoms with Gasteiger partial charge >= 0.3 is 6.18 Å². The molecule has 0 amide bonds. The number of fused-ring (bicyclic) bond motifs is 1. The molecule has 0 spiro atoms. The van der Waals surface area contributed by atoms with Crippen molar-refractivity contribution < 1.29 is 22.6 Å². The Balaban J connectivity index is 1.68. The highest BCUT2D eigenvalue weighted by atomic mass is 19.4. The number of imidazole rings is 1. The Morgan fingerprint density at radius 2 is 1.68 bits per heavy atom. The number of rotatable bonds is 6. The standard InChI is InChI=1S/C18H17F3N2O2/c1-24-13-7-9-14(10-8-13)25-12-4-11-23-16-6-3-2-5-15(16)22-17(23)18(19,20)21/h2-3,5-10H,4,11-12H2,1H3. The number of methoxy groups -OCH3 is 1. The van der Waals surface area contributed by atoms with Crippen LogP contribution in [0.15, 0.2) is 48.5 Å². The Kier molecular flexibility index (Phi) is 4.83. The van der Waals surface area contributed by atoms with Crippen molar-refractivity contribution in [2.24, 2.45) is 0 Å². The highest BCUT2D eigenvalue weighted by Crippen LogP contribution is 2.31. The summed E-state index contributed by atoms with van der Waals surface area (Å²) in [6, 6.07) is 13.6. The molecule has 0 aliphatic rings. The van der Waals surface area contributed by atoms with Crippen LogP contribution in [0, 0.1) is 0 Å². The number of ether oxygens (including phenoxy) is 2. The van der Waals surface area contributed by atoms with Crippen molar-refractivity contribution >= 4 is 11.0 Å². The van der Waals surface area contributed by atoms with Gasteiger partial charge in [0.2, 0.25) is 5.82 Å². The fourth-order valence-electron chi connectivity index (χ4n) is 2.60. The lowest BCUT2D eigenvalue weighted by molar-refractivity contribution is -0.147. The molecule has 1 heterocycles. The SMILES string of the molecule is COc1ccc(OCCCn2c(C(F)(F)F)nc3ccccc32)cc1. The van der Waals surface area contributed by atoms with Crippen LogP contribution in [0.1, 0.15) is 12.2 Å². The summed E-state index contributed by atoms with van der Waals surface area (Å²) in [6.07, 6.45) is -4.06. The molecular weight excluding hydrogens is 333 g/mol. The summed E-state index contributed by atoms with van der Waals surface area (Å²) in [5.74, 6) is 0.484. The van der Waals surface area contributed by atoms with Gasteiger partial charge in [-0.1, -0.05) is 12.1 Å². The zero-order chi connectivity index (χ0) is 17.9. The van der Waals surface area contributed by atoms with Gasteiger partial charge in [0.25, 0.3) is 0 Å². The highest BCUT2D eigenvalue weighted by molar-refractivity contribution is 5.76. The molecule has 1 aromatic heterocycles. The third kappa shape index (κ3) is 3.87. The number of nitrogens with zero attached hydrogens (tertiary/aromatic N) is 2. The first kappa shape index (κ1) is 17.1. The highest BCUT2D eigenvalue weighted by Gasteiger charge is 2.37. The summed E-state index contributed by atoms with van der Waals surface area (Å²) in [7, 11) is 1.57. The third-order valence-corrected chi connectivity index (χ3v) is 3.76. The summed E-state index contributed by atoms with van der Waals surface area (Å²) in [4.78, 5) is 3.72. The fourth-order valence-corrected chi connectivity index (χ4v) is 2.60. The van der Waals surface area contributed by atoms with Gasteiger partial charge in [0.15, 0.2) is 0 Å². The van der Waals surface area contributed by atoms with Crippen LogP contribution < -0.4 is 9.47 Å². The molecule has 0 radical (unpaired) electrons. The number of hydrogen-bond donors (Lipinski definition) is 0. The average molecular weight is 350 g/mol. The lowest BCUT2D eigenvalue weighted by Gasteiger charge is -2.12. The van der Waals surface area contributed by atoms with Crippen molar-refractivity contribution in [3.05, 3.63) is 54.4 Å². The lowest BCUT2D eigenvalue weighted by atomic mass is 10.3. The van der Waals surface area contributed by atoms with E-state index in [1.165, 1.54) is 4.57 Å². The molecule has 0 bridgehead atoms. The van der Waals surface area contributed by atoms with Crippen molar-refractivity contribution in [3.8, 4) is 11.5 Å². The molecule has 0 aliphatic carbocycles. The first-order valence-corrected chi connectivity index (χ1v) is 7.78. The molecule has 0 unspecified atom stereocenters. The first-order valence-electron chi connectivity index (χ1n) is 7.78. The van der Waals surface area contributed by atoms with Gasteiger partial charge in [0.1, 0.15) is 11.5 Å². The smallest absolute Gasteiger partial charge is 0.449 e. The van der Waals surface area contributed by atoms with Crippen LogP contribution in [0.3, 0.4) is 0 Å². The van der Waals surface area contributed by atoms with E-state index in [1.54, 1.807) is 55.6 Å². The number of aromatic nitrogens is 2. The minimum atomic E-state index is -4.49. The van der Waals surface area contributed by atoms with Crippen molar-refractivity contribution in [3.63, 3.8) is 0 Å². The molecule has 0 aliphatic heterocycles. The van der Waals surface area contributed by atoms with E-state index in [2.05, 4.69) is 4.98 Å². The van der Waals surface area contributed by atoms with Crippen molar-refractivity contribution in [1.29, 1.82) is 0 Å². The molecule has 3 rings (SSSR count). The lowest BCUT2D eigenvalue weighted by Crippen LogP contribution is -2.16. The molecule has 0 saturated heterocycles. The Bertz CT molecular complexity index is 842. The normalized spacial score (nSPS) is 11.7.